The van der Waals surface area contributed by atoms with Crippen molar-refractivity contribution in [3.8, 4) is 0 Å². The highest BCUT2D eigenvalue weighted by atomic mass is 79.9. The molecule has 1 saturated carbocycles. The number of allylic oxidation sites excluding steroid dienone is 1. The van der Waals surface area contributed by atoms with Gasteiger partial charge in [-0.25, -0.2) is 0 Å². The van der Waals surface area contributed by atoms with Gasteiger partial charge in [-0.3, -0.25) is 9.59 Å². The van der Waals surface area contributed by atoms with E-state index < -0.39 is 0 Å². The van der Waals surface area contributed by atoms with E-state index in [1.807, 2.05) is 13.8 Å². The minimum Gasteiger partial charge on any atom is -0.450 e. The molecule has 0 saturated heterocycles. The third kappa shape index (κ3) is 2.75. The lowest BCUT2D eigenvalue weighted by Gasteiger charge is -2.28. The van der Waals surface area contributed by atoms with Crippen LogP contribution in [0.2, 0.25) is 0 Å². The van der Waals surface area contributed by atoms with Crippen LogP contribution in [0.4, 0.5) is 0 Å². The molecule has 1 heterocycles. The Labute approximate surface area is 108 Å². The van der Waals surface area contributed by atoms with E-state index in [0.717, 1.165) is 0 Å². The molecule has 17 heavy (non-hydrogen) atoms. The predicted octanol–water partition coefficient (Wildman–Crippen LogP) is 3.38. The lowest BCUT2D eigenvalue weighted by molar-refractivity contribution is -0.127. The van der Waals surface area contributed by atoms with Crippen LogP contribution in [-0.4, -0.2) is 11.6 Å². The summed E-state index contributed by atoms with van der Waals surface area (Å²) in [7, 11) is 0. The lowest BCUT2D eigenvalue weighted by Crippen LogP contribution is -2.31. The van der Waals surface area contributed by atoms with Crippen molar-refractivity contribution in [1.82, 2.24) is 0 Å². The largest absolute Gasteiger partial charge is 0.450 e. The van der Waals surface area contributed by atoms with Crippen molar-refractivity contribution in [2.24, 2.45) is 5.41 Å². The van der Waals surface area contributed by atoms with Crippen LogP contribution in [0, 0.1) is 5.41 Å². The molecule has 1 fully saturated rings. The fourth-order valence-corrected chi connectivity index (χ4v) is 2.31. The summed E-state index contributed by atoms with van der Waals surface area (Å²) >= 11 is 3.18. The summed E-state index contributed by atoms with van der Waals surface area (Å²) < 4.78 is 5.85. The van der Waals surface area contributed by atoms with Gasteiger partial charge in [-0.05, 0) is 39.6 Å². The van der Waals surface area contributed by atoms with E-state index in [0.29, 0.717) is 23.3 Å². The second-order valence-corrected chi connectivity index (χ2v) is 5.85. The van der Waals surface area contributed by atoms with Crippen LogP contribution in [0.25, 0.3) is 6.08 Å². The molecule has 4 heteroatoms. The molecule has 0 radical (unpaired) electrons. The number of hydrogen-bond donors (Lipinski definition) is 0. The molecule has 2 rings (SSSR count). The Morgan fingerprint density at radius 3 is 2.29 bits per heavy atom. The summed E-state index contributed by atoms with van der Waals surface area (Å²) in [6.07, 6.45) is 2.35. The molecule has 1 aromatic rings. The van der Waals surface area contributed by atoms with E-state index in [1.165, 1.54) is 6.08 Å². The maximum Gasteiger partial charge on any atom is 0.169 e. The quantitative estimate of drug-likeness (QED) is 0.589. The number of ketones is 2. The van der Waals surface area contributed by atoms with Crippen LogP contribution in [0.3, 0.4) is 0 Å². The minimum atomic E-state index is -0.227. The van der Waals surface area contributed by atoms with Crippen molar-refractivity contribution < 1.29 is 14.0 Å². The summed E-state index contributed by atoms with van der Waals surface area (Å²) in [5.41, 5.74) is 0.0288. The second-order valence-electron chi connectivity index (χ2n) is 5.06. The Balaban J connectivity index is 2.30. The summed E-state index contributed by atoms with van der Waals surface area (Å²) in [5.74, 6) is 0.325. The molecule has 0 spiro atoms. The lowest BCUT2D eigenvalue weighted by atomic mass is 9.74. The Bertz CT molecular complexity index is 486. The van der Waals surface area contributed by atoms with Crippen molar-refractivity contribution in [3.05, 3.63) is 28.1 Å². The first kappa shape index (κ1) is 12.3. The standard InChI is InChI=1S/C13H13BrO3/c1-13(2)6-10(15)9(11(16)7-13)5-8-3-4-12(14)17-8/h3-5H,6-7H2,1-2H3. The fourth-order valence-electron chi connectivity index (χ4n) is 1.99. The average molecular weight is 297 g/mol. The van der Waals surface area contributed by atoms with Gasteiger partial charge in [-0.15, -0.1) is 0 Å². The first-order chi connectivity index (χ1) is 7.87. The van der Waals surface area contributed by atoms with Gasteiger partial charge < -0.3 is 4.42 Å². The Morgan fingerprint density at radius 2 is 1.82 bits per heavy atom. The number of rotatable bonds is 1. The monoisotopic (exact) mass is 296 g/mol. The predicted molar refractivity (Wildman–Crippen MR) is 67.4 cm³/mol. The topological polar surface area (TPSA) is 47.3 Å². The van der Waals surface area contributed by atoms with Crippen LogP contribution in [0.5, 0.6) is 0 Å². The number of hydrogen-bond acceptors (Lipinski definition) is 3. The Kier molecular flexibility index (Phi) is 3.08. The molecule has 0 aromatic carbocycles. The first-order valence-electron chi connectivity index (χ1n) is 5.41. The molecule has 0 unspecified atom stereocenters. The van der Waals surface area contributed by atoms with E-state index >= 15 is 0 Å². The minimum absolute atomic E-state index is 0.0984. The molecule has 0 amide bonds. The summed E-state index contributed by atoms with van der Waals surface area (Å²) in [6, 6.07) is 3.45. The average Bonchev–Trinajstić information content (AvgIpc) is 2.56. The van der Waals surface area contributed by atoms with E-state index in [-0.39, 0.29) is 22.6 Å². The van der Waals surface area contributed by atoms with Crippen molar-refractivity contribution >= 4 is 33.6 Å². The number of carbonyl (C=O) groups excluding carboxylic acids is 2. The molecule has 0 N–H and O–H groups in total. The normalized spacial score (nSPS) is 19.6. The summed E-state index contributed by atoms with van der Waals surface area (Å²) in [6.45, 7) is 3.87. The zero-order valence-electron chi connectivity index (χ0n) is 9.75. The third-order valence-corrected chi connectivity index (χ3v) is 3.19. The van der Waals surface area contributed by atoms with Gasteiger partial charge in [0.2, 0.25) is 0 Å². The van der Waals surface area contributed by atoms with Crippen LogP contribution < -0.4 is 0 Å². The molecule has 1 aliphatic rings. The maximum atomic E-state index is 11.9. The van der Waals surface area contributed by atoms with E-state index in [4.69, 9.17) is 4.42 Å². The van der Waals surface area contributed by atoms with Gasteiger partial charge in [-0.1, -0.05) is 13.8 Å². The van der Waals surface area contributed by atoms with Crippen molar-refractivity contribution in [2.45, 2.75) is 26.7 Å². The molecule has 0 atom stereocenters. The number of Topliss-reactive ketones (excluding diaryl/α,β-unsaturated/α-hetero) is 2. The van der Waals surface area contributed by atoms with Gasteiger partial charge >= 0.3 is 0 Å². The van der Waals surface area contributed by atoms with Gasteiger partial charge in [-0.2, -0.15) is 0 Å². The second kappa shape index (κ2) is 4.26. The van der Waals surface area contributed by atoms with Gasteiger partial charge in [0.15, 0.2) is 16.2 Å². The molecule has 0 bridgehead atoms. The molecular weight excluding hydrogens is 284 g/mol. The molecule has 0 aliphatic heterocycles. The van der Waals surface area contributed by atoms with E-state index in [9.17, 15) is 9.59 Å². The first-order valence-corrected chi connectivity index (χ1v) is 6.20. The highest BCUT2D eigenvalue weighted by Crippen LogP contribution is 2.34. The number of furan rings is 1. The SMILES string of the molecule is CC1(C)CC(=O)C(=Cc2ccc(Br)o2)C(=O)C1. The third-order valence-electron chi connectivity index (χ3n) is 2.76. The highest BCUT2D eigenvalue weighted by molar-refractivity contribution is 9.10. The summed E-state index contributed by atoms with van der Waals surface area (Å²) in [4.78, 5) is 23.8. The smallest absolute Gasteiger partial charge is 0.169 e. The Morgan fingerprint density at radius 1 is 1.24 bits per heavy atom. The van der Waals surface area contributed by atoms with Crippen LogP contribution in [0.15, 0.2) is 26.8 Å². The molecule has 1 aromatic heterocycles. The van der Waals surface area contributed by atoms with Gasteiger partial charge in [0.25, 0.3) is 0 Å². The van der Waals surface area contributed by atoms with Gasteiger partial charge in [0.05, 0.1) is 5.57 Å². The molecule has 90 valence electrons. The summed E-state index contributed by atoms with van der Waals surface area (Å²) in [5, 5.41) is 0. The number of halogens is 1. The van der Waals surface area contributed by atoms with Crippen molar-refractivity contribution in [1.29, 1.82) is 0 Å². The highest BCUT2D eigenvalue weighted by Gasteiger charge is 2.35. The fraction of sp³-hybridized carbons (Fsp3) is 0.385. The van der Waals surface area contributed by atoms with E-state index in [1.54, 1.807) is 12.1 Å². The van der Waals surface area contributed by atoms with Crippen molar-refractivity contribution in [2.75, 3.05) is 0 Å². The molecular formula is C13H13BrO3. The van der Waals surface area contributed by atoms with Crippen molar-refractivity contribution in [3.63, 3.8) is 0 Å². The van der Waals surface area contributed by atoms with Gasteiger partial charge in [0.1, 0.15) is 5.76 Å². The molecule has 1 aliphatic carbocycles. The number of carbonyl (C=O) groups is 2. The van der Waals surface area contributed by atoms with Crippen LogP contribution in [-0.2, 0) is 9.59 Å². The Hall–Kier alpha value is -1.16. The van der Waals surface area contributed by atoms with E-state index in [2.05, 4.69) is 15.9 Å². The van der Waals surface area contributed by atoms with Crippen LogP contribution >= 0.6 is 15.9 Å². The molecule has 3 nitrogen and oxygen atoms in total. The zero-order valence-corrected chi connectivity index (χ0v) is 11.3. The van der Waals surface area contributed by atoms with Gasteiger partial charge in [0, 0.05) is 12.8 Å². The zero-order chi connectivity index (χ0) is 12.6. The maximum absolute atomic E-state index is 11.9. The van der Waals surface area contributed by atoms with Crippen LogP contribution in [0.1, 0.15) is 32.4 Å².